The van der Waals surface area contributed by atoms with E-state index in [4.69, 9.17) is 0 Å². The second-order valence-corrected chi connectivity index (χ2v) is 4.14. The van der Waals surface area contributed by atoms with Gasteiger partial charge in [-0.3, -0.25) is 20.2 Å². The summed E-state index contributed by atoms with van der Waals surface area (Å²) in [5.41, 5.74) is -1.29. The van der Waals surface area contributed by atoms with Crippen molar-refractivity contribution in [2.75, 3.05) is 0 Å². The van der Waals surface area contributed by atoms with Gasteiger partial charge in [0.05, 0.1) is 0 Å². The number of nitrogens with one attached hydrogen (secondary N) is 2. The van der Waals surface area contributed by atoms with Gasteiger partial charge < -0.3 is 0 Å². The van der Waals surface area contributed by atoms with Gasteiger partial charge in [-0.2, -0.15) is 0 Å². The second kappa shape index (κ2) is 4.64. The molecule has 19 heavy (non-hydrogen) atoms. The van der Waals surface area contributed by atoms with E-state index in [0.29, 0.717) is 5.56 Å². The van der Waals surface area contributed by atoms with Crippen LogP contribution in [0.25, 0.3) is 0 Å². The molecule has 98 valence electrons. The van der Waals surface area contributed by atoms with E-state index >= 15 is 0 Å². The van der Waals surface area contributed by atoms with Gasteiger partial charge in [0.15, 0.2) is 5.41 Å². The maximum absolute atomic E-state index is 12.9. The molecule has 0 aromatic heterocycles. The molecule has 1 saturated heterocycles. The first-order chi connectivity index (χ1) is 9.00. The number of carbonyl (C=O) groups is 3. The first kappa shape index (κ1) is 12.9. The maximum Gasteiger partial charge on any atom is 0.328 e. The van der Waals surface area contributed by atoms with E-state index in [1.54, 1.807) is 0 Å². The Labute approximate surface area is 108 Å². The summed E-state index contributed by atoms with van der Waals surface area (Å²) >= 11 is 0. The Morgan fingerprint density at radius 1 is 1.11 bits per heavy atom. The monoisotopic (exact) mass is 262 g/mol. The Balaban J connectivity index is 2.56. The minimum absolute atomic E-state index is 0.00355. The normalized spacial score (nSPS) is 17.6. The van der Waals surface area contributed by atoms with Crippen molar-refractivity contribution in [1.82, 2.24) is 10.6 Å². The highest BCUT2D eigenvalue weighted by Gasteiger charge is 2.50. The minimum atomic E-state index is -1.59. The molecule has 0 saturated carbocycles. The number of halogens is 1. The molecule has 4 amide bonds. The van der Waals surface area contributed by atoms with Gasteiger partial charge in [-0.25, -0.2) is 9.18 Å². The summed E-state index contributed by atoms with van der Waals surface area (Å²) in [6.45, 7) is 3.51. The van der Waals surface area contributed by atoms with Crippen molar-refractivity contribution in [3.05, 3.63) is 48.3 Å². The number of rotatable bonds is 3. The van der Waals surface area contributed by atoms with Crippen molar-refractivity contribution >= 4 is 17.8 Å². The lowest BCUT2D eigenvalue weighted by Gasteiger charge is -2.33. The quantitative estimate of drug-likeness (QED) is 0.630. The Morgan fingerprint density at radius 2 is 1.63 bits per heavy atom. The van der Waals surface area contributed by atoms with Gasteiger partial charge in [0, 0.05) is 0 Å². The van der Waals surface area contributed by atoms with Crippen LogP contribution >= 0.6 is 0 Å². The van der Waals surface area contributed by atoms with Crippen LogP contribution in [0.5, 0.6) is 0 Å². The van der Waals surface area contributed by atoms with Gasteiger partial charge in [0.25, 0.3) is 0 Å². The third-order valence-corrected chi connectivity index (χ3v) is 3.02. The first-order valence-corrected chi connectivity index (χ1v) is 5.54. The van der Waals surface area contributed by atoms with E-state index in [9.17, 15) is 18.8 Å². The highest BCUT2D eigenvalue weighted by Crippen LogP contribution is 2.31. The fraction of sp³-hybridized carbons (Fsp3) is 0.154. The Kier molecular flexibility index (Phi) is 3.16. The van der Waals surface area contributed by atoms with Crippen LogP contribution in [-0.2, 0) is 15.0 Å². The number of barbiturate groups is 1. The molecule has 1 fully saturated rings. The lowest BCUT2D eigenvalue weighted by Crippen LogP contribution is -2.64. The summed E-state index contributed by atoms with van der Waals surface area (Å²) in [6, 6.07) is 4.12. The summed E-state index contributed by atoms with van der Waals surface area (Å²) in [7, 11) is 0. The molecule has 5 nitrogen and oxygen atoms in total. The fourth-order valence-corrected chi connectivity index (χ4v) is 2.07. The molecule has 1 aromatic carbocycles. The van der Waals surface area contributed by atoms with Crippen LogP contribution in [0.1, 0.15) is 12.0 Å². The van der Waals surface area contributed by atoms with Crippen molar-refractivity contribution < 1.29 is 18.8 Å². The minimum Gasteiger partial charge on any atom is -0.277 e. The van der Waals surface area contributed by atoms with E-state index in [1.807, 2.05) is 10.6 Å². The lowest BCUT2D eigenvalue weighted by molar-refractivity contribution is -0.138. The fourth-order valence-electron chi connectivity index (χ4n) is 2.07. The second-order valence-electron chi connectivity index (χ2n) is 4.14. The Bertz CT molecular complexity index is 546. The van der Waals surface area contributed by atoms with Crippen LogP contribution in [0.3, 0.4) is 0 Å². The molecule has 0 unspecified atom stereocenters. The maximum atomic E-state index is 12.9. The SMILES string of the molecule is C=CCC1(c2ccc(F)cc2)C(=O)NC(=O)NC1=O. The molecule has 1 heterocycles. The molecule has 1 aliphatic heterocycles. The van der Waals surface area contributed by atoms with Crippen molar-refractivity contribution in [2.45, 2.75) is 11.8 Å². The van der Waals surface area contributed by atoms with Crippen molar-refractivity contribution in [3.8, 4) is 0 Å². The number of imide groups is 2. The molecule has 1 aliphatic rings. The largest absolute Gasteiger partial charge is 0.328 e. The van der Waals surface area contributed by atoms with Crippen LogP contribution < -0.4 is 10.6 Å². The number of hydrogen-bond donors (Lipinski definition) is 2. The topological polar surface area (TPSA) is 75.3 Å². The standard InChI is InChI=1S/C13H11FN2O3/c1-2-7-13(8-3-5-9(14)6-4-8)10(17)15-12(19)16-11(13)18/h2-6H,1,7H2,(H2,15,16,17,18,19). The summed E-state index contributed by atoms with van der Waals surface area (Å²) in [5.74, 6) is -1.97. The molecule has 0 bridgehead atoms. The highest BCUT2D eigenvalue weighted by molar-refractivity contribution is 6.23. The van der Waals surface area contributed by atoms with Gasteiger partial charge in [0.1, 0.15) is 5.82 Å². The van der Waals surface area contributed by atoms with Crippen molar-refractivity contribution in [3.63, 3.8) is 0 Å². The third kappa shape index (κ3) is 2.01. The van der Waals surface area contributed by atoms with Crippen LogP contribution in [0, 0.1) is 5.82 Å². The average Bonchev–Trinajstić information content (AvgIpc) is 2.35. The van der Waals surface area contributed by atoms with Gasteiger partial charge in [0.2, 0.25) is 11.8 Å². The molecule has 2 rings (SSSR count). The van der Waals surface area contributed by atoms with Crippen molar-refractivity contribution in [2.24, 2.45) is 0 Å². The van der Waals surface area contributed by atoms with Gasteiger partial charge in [-0.15, -0.1) is 6.58 Å². The summed E-state index contributed by atoms with van der Waals surface area (Å²) in [5, 5.41) is 4.09. The molecular weight excluding hydrogens is 251 g/mol. The number of carbonyl (C=O) groups excluding carboxylic acids is 3. The molecule has 0 aliphatic carbocycles. The van der Waals surface area contributed by atoms with Gasteiger partial charge in [-0.05, 0) is 24.1 Å². The van der Waals surface area contributed by atoms with Gasteiger partial charge in [-0.1, -0.05) is 18.2 Å². The molecular formula is C13H11FN2O3. The van der Waals surface area contributed by atoms with E-state index in [2.05, 4.69) is 6.58 Å². The van der Waals surface area contributed by atoms with Gasteiger partial charge >= 0.3 is 6.03 Å². The average molecular weight is 262 g/mol. The first-order valence-electron chi connectivity index (χ1n) is 5.54. The number of hydrogen-bond acceptors (Lipinski definition) is 3. The van der Waals surface area contributed by atoms with E-state index < -0.39 is 29.1 Å². The molecule has 1 aromatic rings. The number of benzene rings is 1. The van der Waals surface area contributed by atoms with E-state index in [0.717, 1.165) is 12.1 Å². The van der Waals surface area contributed by atoms with Crippen LogP contribution in [0.2, 0.25) is 0 Å². The molecule has 0 radical (unpaired) electrons. The summed E-state index contributed by atoms with van der Waals surface area (Å²) in [6.07, 6.45) is 1.40. The smallest absolute Gasteiger partial charge is 0.277 e. The predicted molar refractivity (Wildman–Crippen MR) is 64.6 cm³/mol. The molecule has 0 atom stereocenters. The van der Waals surface area contributed by atoms with Crippen molar-refractivity contribution in [1.29, 1.82) is 0 Å². The zero-order valence-electron chi connectivity index (χ0n) is 9.90. The summed E-state index contributed by atoms with van der Waals surface area (Å²) < 4.78 is 12.9. The Morgan fingerprint density at radius 3 is 2.11 bits per heavy atom. The van der Waals surface area contributed by atoms with E-state index in [1.165, 1.54) is 18.2 Å². The van der Waals surface area contributed by atoms with Crippen LogP contribution in [0.15, 0.2) is 36.9 Å². The predicted octanol–water partition coefficient (Wildman–Crippen LogP) is 1.01. The number of urea groups is 1. The number of allylic oxidation sites excluding steroid dienone is 1. The molecule has 2 N–H and O–H groups in total. The van der Waals surface area contributed by atoms with Crippen LogP contribution in [-0.4, -0.2) is 17.8 Å². The number of amides is 4. The van der Waals surface area contributed by atoms with E-state index in [-0.39, 0.29) is 6.42 Å². The molecule has 0 spiro atoms. The zero-order chi connectivity index (χ0) is 14.0. The third-order valence-electron chi connectivity index (χ3n) is 3.02. The zero-order valence-corrected chi connectivity index (χ0v) is 9.90. The molecule has 6 heteroatoms. The van der Waals surface area contributed by atoms with Crippen LogP contribution in [0.4, 0.5) is 9.18 Å². The summed E-state index contributed by atoms with van der Waals surface area (Å²) in [4.78, 5) is 35.3. The highest BCUT2D eigenvalue weighted by atomic mass is 19.1. The lowest BCUT2D eigenvalue weighted by atomic mass is 9.75. The Hall–Kier alpha value is -2.50.